The maximum Gasteiger partial charge on any atom is 0.143 e. The normalized spacial score (nSPS) is 12.0. The van der Waals surface area contributed by atoms with Crippen LogP contribution in [-0.2, 0) is 12.8 Å². The van der Waals surface area contributed by atoms with Gasteiger partial charge in [0.25, 0.3) is 0 Å². The van der Waals surface area contributed by atoms with Crippen molar-refractivity contribution in [1.82, 2.24) is 0 Å². The number of thiophene rings is 8. The van der Waals surface area contributed by atoms with Crippen LogP contribution >= 0.6 is 90.7 Å². The second kappa shape index (κ2) is 16.9. The quantitative estimate of drug-likeness (QED) is 0.0850. The summed E-state index contributed by atoms with van der Waals surface area (Å²) in [6.45, 7) is 9.22. The number of aryl methyl sites for hydroxylation is 2. The molecule has 0 N–H and O–H groups in total. The number of hydrogen-bond donors (Lipinski definition) is 0. The fraction of sp³-hybridized carbons (Fsp3) is 0.273. The van der Waals surface area contributed by atoms with Gasteiger partial charge >= 0.3 is 0 Å². The van der Waals surface area contributed by atoms with Crippen LogP contribution < -0.4 is 9.00 Å². The number of rotatable bonds is 16. The van der Waals surface area contributed by atoms with Crippen LogP contribution in [0.25, 0.3) is 58.5 Å². The smallest absolute Gasteiger partial charge is 0.143 e. The summed E-state index contributed by atoms with van der Waals surface area (Å²) in [7, 11) is -1.95. The lowest BCUT2D eigenvalue weighted by Gasteiger charge is -2.30. The molecule has 0 saturated carbocycles. The van der Waals surface area contributed by atoms with Gasteiger partial charge in [-0.2, -0.15) is 0 Å². The molecule has 0 aromatic carbocycles. The third kappa shape index (κ3) is 7.93. The van der Waals surface area contributed by atoms with E-state index in [1.54, 1.807) is 9.00 Å². The molecular weight excluding hydrogens is 813 g/mol. The molecular formula is C44H44S8Si. The van der Waals surface area contributed by atoms with E-state index in [1.165, 1.54) is 106 Å². The first-order chi connectivity index (χ1) is 26.0. The van der Waals surface area contributed by atoms with E-state index in [9.17, 15) is 0 Å². The van der Waals surface area contributed by atoms with Crippen LogP contribution in [-0.4, -0.2) is 8.07 Å². The molecule has 9 heteroatoms. The molecule has 0 aliphatic heterocycles. The van der Waals surface area contributed by atoms with Crippen molar-refractivity contribution in [2.75, 3.05) is 0 Å². The topological polar surface area (TPSA) is 0 Å². The highest BCUT2D eigenvalue weighted by molar-refractivity contribution is 7.40. The van der Waals surface area contributed by atoms with Crippen molar-refractivity contribution in [2.45, 2.75) is 78.3 Å². The van der Waals surface area contributed by atoms with Gasteiger partial charge < -0.3 is 0 Å². The van der Waals surface area contributed by atoms with E-state index in [0.717, 1.165) is 12.8 Å². The van der Waals surface area contributed by atoms with Gasteiger partial charge in [-0.25, -0.2) is 0 Å². The van der Waals surface area contributed by atoms with Gasteiger partial charge in [0.15, 0.2) is 0 Å². The van der Waals surface area contributed by atoms with Crippen LogP contribution in [0, 0.1) is 0 Å². The summed E-state index contributed by atoms with van der Waals surface area (Å²) in [6, 6.07) is 40.5. The zero-order chi connectivity index (χ0) is 36.4. The zero-order valence-corrected chi connectivity index (χ0v) is 38.2. The highest BCUT2D eigenvalue weighted by Crippen LogP contribution is 2.45. The largest absolute Gasteiger partial charge is 0.144 e. The van der Waals surface area contributed by atoms with E-state index in [0.29, 0.717) is 0 Å². The molecule has 0 aliphatic rings. The Morgan fingerprint density at radius 3 is 0.868 bits per heavy atom. The summed E-state index contributed by atoms with van der Waals surface area (Å²) in [6.07, 6.45) is 7.33. The van der Waals surface area contributed by atoms with Gasteiger partial charge in [-0.3, -0.25) is 0 Å². The van der Waals surface area contributed by atoms with E-state index in [4.69, 9.17) is 0 Å². The van der Waals surface area contributed by atoms with Crippen LogP contribution in [0.2, 0.25) is 12.1 Å². The summed E-state index contributed by atoms with van der Waals surface area (Å²) >= 11 is 15.9. The van der Waals surface area contributed by atoms with E-state index in [2.05, 4.69) is 147 Å². The Bertz CT molecular complexity index is 2220. The third-order valence-corrected chi connectivity index (χ3v) is 27.3. The average molecular weight is 857 g/mol. The highest BCUT2D eigenvalue weighted by atomic mass is 32.1. The van der Waals surface area contributed by atoms with Crippen molar-refractivity contribution in [3.8, 4) is 58.5 Å². The summed E-state index contributed by atoms with van der Waals surface area (Å²) in [5.74, 6) is 0. The molecule has 0 saturated heterocycles. The summed E-state index contributed by atoms with van der Waals surface area (Å²) in [4.78, 5) is 19.7. The molecule has 0 amide bonds. The Hall–Kier alpha value is -2.18. The molecule has 0 fully saturated rings. The molecule has 8 aromatic heterocycles. The third-order valence-electron chi connectivity index (χ3n) is 9.97. The minimum Gasteiger partial charge on any atom is -0.144 e. The Morgan fingerprint density at radius 1 is 0.321 bits per heavy atom. The van der Waals surface area contributed by atoms with Crippen molar-refractivity contribution in [3.05, 3.63) is 107 Å². The fourth-order valence-electron chi connectivity index (χ4n) is 6.96. The molecule has 53 heavy (non-hydrogen) atoms. The molecule has 272 valence electrons. The van der Waals surface area contributed by atoms with Gasteiger partial charge in [-0.05, 0) is 119 Å². The van der Waals surface area contributed by atoms with Crippen LogP contribution in [0.1, 0.15) is 63.1 Å². The van der Waals surface area contributed by atoms with E-state index in [1.807, 2.05) is 68.0 Å². The van der Waals surface area contributed by atoms with E-state index < -0.39 is 8.07 Å². The van der Waals surface area contributed by atoms with Gasteiger partial charge in [0.05, 0.1) is 0 Å². The van der Waals surface area contributed by atoms with Gasteiger partial charge in [-0.1, -0.05) is 65.5 Å². The molecule has 8 rings (SSSR count). The first kappa shape index (κ1) is 37.7. The van der Waals surface area contributed by atoms with Gasteiger partial charge in [0.1, 0.15) is 8.07 Å². The SMILES string of the molecule is CCCC[Si](CCCC)(c1ccc(-c2ccc(-c3ccc(-c4ccc(CC)s4)s3)s2)s1)c1ccc(-c2ccc(-c3ccc(-c4ccc(CC)s4)s3)s2)s1. The van der Waals surface area contributed by atoms with E-state index >= 15 is 0 Å². The Labute approximate surface area is 348 Å². The first-order valence-corrected chi connectivity index (χ1v) is 27.7. The van der Waals surface area contributed by atoms with Gasteiger partial charge in [-0.15, -0.1) is 90.7 Å². The maximum absolute atomic E-state index is 2.54. The molecule has 0 spiro atoms. The molecule has 0 nitrogen and oxygen atoms in total. The second-order valence-electron chi connectivity index (χ2n) is 13.5. The maximum atomic E-state index is 2.54. The molecule has 0 atom stereocenters. The lowest BCUT2D eigenvalue weighted by Crippen LogP contribution is -2.55. The Kier molecular flexibility index (Phi) is 12.0. The van der Waals surface area contributed by atoms with Gasteiger partial charge in [0, 0.05) is 68.3 Å². The van der Waals surface area contributed by atoms with Crippen LogP contribution in [0.3, 0.4) is 0 Å². The van der Waals surface area contributed by atoms with Crippen LogP contribution in [0.15, 0.2) is 97.1 Å². The monoisotopic (exact) mass is 856 g/mol. The van der Waals surface area contributed by atoms with Gasteiger partial charge in [0.2, 0.25) is 0 Å². The van der Waals surface area contributed by atoms with Crippen molar-refractivity contribution in [2.24, 2.45) is 0 Å². The highest BCUT2D eigenvalue weighted by Gasteiger charge is 2.39. The first-order valence-electron chi connectivity index (χ1n) is 18.8. The van der Waals surface area contributed by atoms with E-state index in [-0.39, 0.29) is 0 Å². The average Bonchev–Trinajstić information content (AvgIpc) is 4.04. The minimum absolute atomic E-state index is 1.11. The van der Waals surface area contributed by atoms with Crippen molar-refractivity contribution < 1.29 is 0 Å². The summed E-state index contributed by atoms with van der Waals surface area (Å²) in [5.41, 5.74) is 0. The number of hydrogen-bond acceptors (Lipinski definition) is 8. The zero-order valence-electron chi connectivity index (χ0n) is 30.7. The predicted octanol–water partition coefficient (Wildman–Crippen LogP) is 16.5. The molecule has 0 unspecified atom stereocenters. The minimum atomic E-state index is -1.95. The fourth-order valence-corrected chi connectivity index (χ4v) is 23.4. The Morgan fingerprint density at radius 2 is 0.585 bits per heavy atom. The summed E-state index contributed by atoms with van der Waals surface area (Å²) < 4.78 is 3.36. The molecule has 8 heterocycles. The van der Waals surface area contributed by atoms with Crippen molar-refractivity contribution >= 4 is 108 Å². The molecule has 0 aliphatic carbocycles. The van der Waals surface area contributed by atoms with Crippen molar-refractivity contribution in [3.63, 3.8) is 0 Å². The molecule has 8 aromatic rings. The summed E-state index contributed by atoms with van der Waals surface area (Å²) in [5, 5.41) is 0. The van der Waals surface area contributed by atoms with Crippen LogP contribution in [0.5, 0.6) is 0 Å². The molecule has 0 bridgehead atoms. The lowest BCUT2D eigenvalue weighted by atomic mass is 10.3. The van der Waals surface area contributed by atoms with Crippen molar-refractivity contribution in [1.29, 1.82) is 0 Å². The molecule has 0 radical (unpaired) electrons. The lowest BCUT2D eigenvalue weighted by molar-refractivity contribution is 0.839. The predicted molar refractivity (Wildman–Crippen MR) is 252 cm³/mol. The van der Waals surface area contributed by atoms with Crippen LogP contribution in [0.4, 0.5) is 0 Å². The second-order valence-corrected chi connectivity index (χ2v) is 27.3. The standard InChI is InChI=1S/C44H44S8Si/c1-5-9-27-53(28-10-6-2,43-25-23-41(51-43)39-21-19-37(49-39)35-17-15-33(47-35)31-13-11-29(7-3)45-31)44-26-24-42(52-44)40-22-20-38(50-40)36-18-16-34(48-36)32-14-12-30(8-4)46-32/h11-26H,5-10,27-28H2,1-4H3. The number of unbranched alkanes of at least 4 members (excludes halogenated alkanes) is 2. The Balaban J connectivity index is 1.06.